The van der Waals surface area contributed by atoms with Crippen LogP contribution in [0.3, 0.4) is 0 Å². The Labute approximate surface area is 179 Å². The van der Waals surface area contributed by atoms with Crippen molar-refractivity contribution in [3.8, 4) is 5.75 Å². The first kappa shape index (κ1) is 22.3. The molecule has 1 aliphatic heterocycles. The van der Waals surface area contributed by atoms with Crippen molar-refractivity contribution in [2.45, 2.75) is 31.4 Å². The van der Waals surface area contributed by atoms with E-state index in [1.807, 2.05) is 54.6 Å². The molecule has 1 saturated heterocycles. The summed E-state index contributed by atoms with van der Waals surface area (Å²) in [5.74, 6) is 0.774. The molecule has 1 N–H and O–H groups in total. The van der Waals surface area contributed by atoms with Gasteiger partial charge in [-0.15, -0.1) is 0 Å². The largest absolute Gasteiger partial charge is 0.496 e. The molecule has 6 nitrogen and oxygen atoms in total. The van der Waals surface area contributed by atoms with Gasteiger partial charge in [0.15, 0.2) is 0 Å². The second-order valence-electron chi connectivity index (χ2n) is 7.62. The van der Waals surface area contributed by atoms with Gasteiger partial charge in [-0.1, -0.05) is 48.5 Å². The van der Waals surface area contributed by atoms with Gasteiger partial charge in [-0.25, -0.2) is 12.7 Å². The van der Waals surface area contributed by atoms with Gasteiger partial charge in [-0.3, -0.25) is 4.79 Å². The number of methoxy groups -OCH3 is 1. The van der Waals surface area contributed by atoms with E-state index in [4.69, 9.17) is 4.74 Å². The topological polar surface area (TPSA) is 75.7 Å². The van der Waals surface area contributed by atoms with Crippen LogP contribution in [0.1, 0.15) is 30.4 Å². The van der Waals surface area contributed by atoms with Crippen molar-refractivity contribution in [2.75, 3.05) is 26.7 Å². The molecule has 0 saturated carbocycles. The molecule has 30 heavy (non-hydrogen) atoms. The molecule has 0 unspecified atom stereocenters. The lowest BCUT2D eigenvalue weighted by Gasteiger charge is -2.30. The van der Waals surface area contributed by atoms with Crippen LogP contribution in [0.25, 0.3) is 0 Å². The van der Waals surface area contributed by atoms with Crippen LogP contribution in [-0.4, -0.2) is 45.4 Å². The molecule has 1 aliphatic rings. The number of carbonyl (C=O) groups is 1. The lowest BCUT2D eigenvalue weighted by atomic mass is 9.97. The Kier molecular flexibility index (Phi) is 7.87. The van der Waals surface area contributed by atoms with E-state index < -0.39 is 10.0 Å². The zero-order valence-electron chi connectivity index (χ0n) is 17.4. The van der Waals surface area contributed by atoms with E-state index >= 15 is 0 Å². The minimum atomic E-state index is -3.35. The molecule has 0 radical (unpaired) electrons. The number of piperidine rings is 1. The van der Waals surface area contributed by atoms with Crippen molar-refractivity contribution in [3.63, 3.8) is 0 Å². The number of amides is 1. The van der Waals surface area contributed by atoms with Crippen LogP contribution < -0.4 is 10.1 Å². The number of hydrogen-bond donors (Lipinski definition) is 1. The Morgan fingerprint density at radius 3 is 2.43 bits per heavy atom. The van der Waals surface area contributed by atoms with E-state index in [0.717, 1.165) is 29.7 Å². The van der Waals surface area contributed by atoms with Crippen LogP contribution in [0, 0.1) is 5.92 Å². The van der Waals surface area contributed by atoms with Crippen molar-refractivity contribution in [3.05, 3.63) is 65.7 Å². The number of nitrogens with one attached hydrogen (secondary N) is 1. The SMILES string of the molecule is COc1ccccc1CCCNC(=O)C1CCN(S(=O)(=O)Cc2ccccc2)CC1. The molecule has 3 rings (SSSR count). The van der Waals surface area contributed by atoms with E-state index in [1.54, 1.807) is 7.11 Å². The maximum atomic E-state index is 12.6. The summed E-state index contributed by atoms with van der Waals surface area (Å²) in [7, 11) is -1.69. The number of carbonyl (C=O) groups excluding carboxylic acids is 1. The zero-order chi connectivity index (χ0) is 21.4. The summed E-state index contributed by atoms with van der Waals surface area (Å²) in [4.78, 5) is 12.5. The highest BCUT2D eigenvalue weighted by Crippen LogP contribution is 2.22. The minimum Gasteiger partial charge on any atom is -0.496 e. The average Bonchev–Trinajstić information content (AvgIpc) is 2.77. The summed E-state index contributed by atoms with van der Waals surface area (Å²) in [6, 6.07) is 17.1. The molecular weight excluding hydrogens is 400 g/mol. The maximum absolute atomic E-state index is 12.6. The van der Waals surface area contributed by atoms with Gasteiger partial charge in [-0.05, 0) is 42.9 Å². The monoisotopic (exact) mass is 430 g/mol. The fourth-order valence-corrected chi connectivity index (χ4v) is 5.38. The standard InChI is InChI=1S/C23H30N2O4S/c1-29-22-12-6-5-10-20(22)11-7-15-24-23(26)21-13-16-25(17-14-21)30(27,28)18-19-8-3-2-4-9-19/h2-6,8-10,12,21H,7,11,13-18H2,1H3,(H,24,26). The Hall–Kier alpha value is -2.38. The Morgan fingerprint density at radius 1 is 1.07 bits per heavy atom. The number of rotatable bonds is 9. The smallest absolute Gasteiger partial charge is 0.223 e. The second kappa shape index (κ2) is 10.6. The van der Waals surface area contributed by atoms with Crippen LogP contribution in [-0.2, 0) is 27.0 Å². The van der Waals surface area contributed by atoms with Gasteiger partial charge in [0.2, 0.25) is 15.9 Å². The number of hydrogen-bond acceptors (Lipinski definition) is 4. The molecule has 162 valence electrons. The fourth-order valence-electron chi connectivity index (χ4n) is 3.82. The number of nitrogens with zero attached hydrogens (tertiary/aromatic N) is 1. The molecule has 7 heteroatoms. The van der Waals surface area contributed by atoms with Crippen LogP contribution in [0.4, 0.5) is 0 Å². The Morgan fingerprint density at radius 2 is 1.73 bits per heavy atom. The van der Waals surface area contributed by atoms with Gasteiger partial charge in [0.25, 0.3) is 0 Å². The van der Waals surface area contributed by atoms with E-state index in [0.29, 0.717) is 32.5 Å². The van der Waals surface area contributed by atoms with Crippen LogP contribution >= 0.6 is 0 Å². The van der Waals surface area contributed by atoms with Crippen molar-refractivity contribution >= 4 is 15.9 Å². The number of aryl methyl sites for hydroxylation is 1. The molecule has 1 heterocycles. The average molecular weight is 431 g/mol. The summed E-state index contributed by atoms with van der Waals surface area (Å²) in [5.41, 5.74) is 1.92. The van der Waals surface area contributed by atoms with E-state index in [2.05, 4.69) is 5.32 Å². The van der Waals surface area contributed by atoms with Gasteiger partial charge >= 0.3 is 0 Å². The molecule has 0 spiro atoms. The highest BCUT2D eigenvalue weighted by atomic mass is 32.2. The number of benzene rings is 2. The quantitative estimate of drug-likeness (QED) is 0.621. The number of para-hydroxylation sites is 1. The molecule has 0 atom stereocenters. The van der Waals surface area contributed by atoms with Gasteiger partial charge in [0.05, 0.1) is 12.9 Å². The van der Waals surface area contributed by atoms with Gasteiger partial charge in [-0.2, -0.15) is 0 Å². The number of sulfonamides is 1. The first-order valence-electron chi connectivity index (χ1n) is 10.4. The van der Waals surface area contributed by atoms with E-state index in [1.165, 1.54) is 4.31 Å². The van der Waals surface area contributed by atoms with Crippen molar-refractivity contribution in [2.24, 2.45) is 5.92 Å². The predicted octanol–water partition coefficient (Wildman–Crippen LogP) is 2.99. The fraction of sp³-hybridized carbons (Fsp3) is 0.435. The van der Waals surface area contributed by atoms with Crippen LogP contribution in [0.2, 0.25) is 0 Å². The molecule has 0 aliphatic carbocycles. The van der Waals surface area contributed by atoms with Gasteiger partial charge in [0.1, 0.15) is 5.75 Å². The molecule has 2 aromatic carbocycles. The first-order valence-corrected chi connectivity index (χ1v) is 12.0. The lowest BCUT2D eigenvalue weighted by molar-refractivity contribution is -0.126. The summed E-state index contributed by atoms with van der Waals surface area (Å²) >= 11 is 0. The lowest BCUT2D eigenvalue weighted by Crippen LogP contribution is -2.43. The molecule has 1 fully saturated rings. The van der Waals surface area contributed by atoms with Crippen molar-refractivity contribution in [1.82, 2.24) is 9.62 Å². The van der Waals surface area contributed by atoms with E-state index in [9.17, 15) is 13.2 Å². The second-order valence-corrected chi connectivity index (χ2v) is 9.59. The summed E-state index contributed by atoms with van der Waals surface area (Å²) in [5, 5.41) is 3.01. The van der Waals surface area contributed by atoms with Crippen molar-refractivity contribution < 1.29 is 17.9 Å². The third-order valence-electron chi connectivity index (χ3n) is 5.52. The normalized spacial score (nSPS) is 15.6. The third kappa shape index (κ3) is 6.06. The van der Waals surface area contributed by atoms with Gasteiger partial charge < -0.3 is 10.1 Å². The first-order chi connectivity index (χ1) is 14.5. The molecule has 1 amide bonds. The van der Waals surface area contributed by atoms with Gasteiger partial charge in [0, 0.05) is 25.6 Å². The predicted molar refractivity (Wildman–Crippen MR) is 118 cm³/mol. The molecule has 0 bridgehead atoms. The minimum absolute atomic E-state index is 0.00759. The maximum Gasteiger partial charge on any atom is 0.223 e. The summed E-state index contributed by atoms with van der Waals surface area (Å²) in [6.07, 6.45) is 2.79. The Balaban J connectivity index is 1.40. The number of ether oxygens (including phenoxy) is 1. The molecule has 0 aromatic heterocycles. The third-order valence-corrected chi connectivity index (χ3v) is 7.37. The van der Waals surface area contributed by atoms with Crippen LogP contribution in [0.15, 0.2) is 54.6 Å². The van der Waals surface area contributed by atoms with Crippen molar-refractivity contribution in [1.29, 1.82) is 0 Å². The molecule has 2 aromatic rings. The molecular formula is C23H30N2O4S. The summed E-state index contributed by atoms with van der Waals surface area (Å²) in [6.45, 7) is 1.40. The zero-order valence-corrected chi connectivity index (χ0v) is 18.2. The Bertz CT molecular complexity index is 923. The highest BCUT2D eigenvalue weighted by molar-refractivity contribution is 7.88. The van der Waals surface area contributed by atoms with Crippen LogP contribution in [0.5, 0.6) is 5.75 Å². The highest BCUT2D eigenvalue weighted by Gasteiger charge is 2.30. The van der Waals surface area contributed by atoms with E-state index in [-0.39, 0.29) is 17.6 Å². The summed E-state index contributed by atoms with van der Waals surface area (Å²) < 4.78 is 32.2.